The van der Waals surface area contributed by atoms with Crippen LogP contribution in [0.3, 0.4) is 0 Å². The first kappa shape index (κ1) is 17.2. The molecule has 1 atom stereocenters. The van der Waals surface area contributed by atoms with Crippen molar-refractivity contribution in [3.63, 3.8) is 0 Å². The largest absolute Gasteiger partial charge is 2.00 e. The van der Waals surface area contributed by atoms with E-state index in [-0.39, 0.29) is 40.0 Å². The van der Waals surface area contributed by atoms with Gasteiger partial charge in [-0.3, -0.25) is 10.1 Å². The van der Waals surface area contributed by atoms with Gasteiger partial charge in [0, 0.05) is 4.92 Å². The topological polar surface area (TPSA) is 43.1 Å². The predicted molar refractivity (Wildman–Crippen MR) is 42.0 cm³/mol. The van der Waals surface area contributed by atoms with E-state index in [9.17, 15) is 10.1 Å². The number of hydrogen-bond acceptors (Lipinski definition) is 2. The minimum absolute atomic E-state index is 0. The summed E-state index contributed by atoms with van der Waals surface area (Å²) in [5.41, 5.74) is 0. The summed E-state index contributed by atoms with van der Waals surface area (Å²) in [4.78, 5) is 9.53. The summed E-state index contributed by atoms with van der Waals surface area (Å²) in [6, 6.07) is 0. The molecule has 0 aliphatic rings. The maximum absolute atomic E-state index is 9.81. The van der Waals surface area contributed by atoms with E-state index in [2.05, 4.69) is 0 Å². The van der Waals surface area contributed by atoms with Crippen LogP contribution in [0, 0.1) is 29.9 Å². The number of rotatable bonds is 4. The fourth-order valence-corrected chi connectivity index (χ4v) is 0.476. The molecule has 0 aliphatic heterocycles. The Kier molecular flexibility index (Phi) is 15.8. The maximum atomic E-state index is 9.81. The van der Waals surface area contributed by atoms with Crippen molar-refractivity contribution in [3.05, 3.63) is 24.0 Å². The van der Waals surface area contributed by atoms with Gasteiger partial charge in [0.1, 0.15) is 0 Å². The Bertz CT molecular complexity index is 98.4. The molecule has 0 saturated heterocycles. The van der Waals surface area contributed by atoms with Crippen LogP contribution in [0.2, 0.25) is 0 Å². The second-order valence-electron chi connectivity index (χ2n) is 2.16. The zero-order valence-electron chi connectivity index (χ0n) is 7.24. The third-order valence-corrected chi connectivity index (χ3v) is 1.34. The molecule has 0 heterocycles. The Morgan fingerprint density at radius 2 is 2.09 bits per heavy atom. The molecular formula is C7H15NO2W. The fraction of sp³-hybridized carbons (Fsp3) is 0.714. The van der Waals surface area contributed by atoms with Gasteiger partial charge in [-0.2, -0.15) is 12.8 Å². The van der Waals surface area contributed by atoms with Crippen LogP contribution in [-0.4, -0.2) is 11.5 Å². The Hall–Kier alpha value is 0.0883. The molecule has 11 heavy (non-hydrogen) atoms. The Balaban J connectivity index is -0.000000320. The second kappa shape index (κ2) is 10.1. The standard InChI is InChI=1S/C6H12NO2.CH3.W/c1-3-6(2)4-5-7(8)9;;/h3,6H,4-5H2,1-2H3;1H3;/q2*-1;+2. The summed E-state index contributed by atoms with van der Waals surface area (Å²) in [5, 5.41) is 9.81. The third kappa shape index (κ3) is 13.1. The first-order chi connectivity index (χ1) is 4.16. The van der Waals surface area contributed by atoms with Crippen LogP contribution < -0.4 is 0 Å². The Labute approximate surface area is 83.0 Å². The average Bonchev–Trinajstić information content (AvgIpc) is 1.83. The molecule has 0 N–H and O–H groups in total. The van der Waals surface area contributed by atoms with Crippen LogP contribution in [0.1, 0.15) is 20.3 Å². The van der Waals surface area contributed by atoms with Crippen molar-refractivity contribution in [1.29, 1.82) is 0 Å². The zero-order valence-corrected chi connectivity index (χ0v) is 10.2. The number of nitrogens with zero attached hydrogens (tertiary/aromatic N) is 1. The molecule has 0 rings (SSSR count). The van der Waals surface area contributed by atoms with Crippen LogP contribution in [0.15, 0.2) is 0 Å². The molecule has 0 radical (unpaired) electrons. The van der Waals surface area contributed by atoms with Crippen molar-refractivity contribution >= 4 is 0 Å². The van der Waals surface area contributed by atoms with Crippen LogP contribution in [0.5, 0.6) is 0 Å². The van der Waals surface area contributed by atoms with Crippen LogP contribution in [0.25, 0.3) is 0 Å². The Morgan fingerprint density at radius 3 is 2.36 bits per heavy atom. The van der Waals surface area contributed by atoms with E-state index in [1.165, 1.54) is 0 Å². The summed E-state index contributed by atoms with van der Waals surface area (Å²) in [6.45, 7) is 3.99. The smallest absolute Gasteiger partial charge is 0.358 e. The van der Waals surface area contributed by atoms with Gasteiger partial charge in [-0.05, 0) is 6.42 Å². The van der Waals surface area contributed by atoms with E-state index in [1.54, 1.807) is 0 Å². The molecular weight excluding hydrogens is 314 g/mol. The van der Waals surface area contributed by atoms with Crippen molar-refractivity contribution in [2.24, 2.45) is 5.92 Å². The van der Waals surface area contributed by atoms with E-state index in [0.717, 1.165) is 0 Å². The molecule has 0 aromatic heterocycles. The SMILES string of the molecule is C[CH-]C(C)CC[N+](=O)[O-].[CH3-].[W+2]. The van der Waals surface area contributed by atoms with Gasteiger partial charge in [-0.1, -0.05) is 6.92 Å². The van der Waals surface area contributed by atoms with E-state index in [0.29, 0.717) is 12.3 Å². The van der Waals surface area contributed by atoms with E-state index < -0.39 is 0 Å². The molecule has 0 saturated carbocycles. The van der Waals surface area contributed by atoms with Gasteiger partial charge < -0.3 is 13.8 Å². The average molecular weight is 329 g/mol. The van der Waals surface area contributed by atoms with Crippen LogP contribution >= 0.6 is 0 Å². The maximum Gasteiger partial charge on any atom is 2.00 e. The van der Waals surface area contributed by atoms with E-state index in [4.69, 9.17) is 0 Å². The molecule has 0 spiro atoms. The summed E-state index contributed by atoms with van der Waals surface area (Å²) >= 11 is 0. The first-order valence-corrected chi connectivity index (χ1v) is 3.08. The van der Waals surface area contributed by atoms with Gasteiger partial charge in [0.05, 0.1) is 0 Å². The number of nitro groups is 1. The van der Waals surface area contributed by atoms with Gasteiger partial charge in [-0.25, -0.2) is 0 Å². The molecule has 0 aromatic carbocycles. The van der Waals surface area contributed by atoms with Gasteiger partial charge in [-0.15, -0.1) is 0 Å². The Morgan fingerprint density at radius 1 is 1.64 bits per heavy atom. The number of hydrogen-bond donors (Lipinski definition) is 0. The van der Waals surface area contributed by atoms with E-state index in [1.807, 2.05) is 20.3 Å². The molecule has 0 fully saturated rings. The first-order valence-electron chi connectivity index (χ1n) is 3.08. The minimum Gasteiger partial charge on any atom is -0.358 e. The third-order valence-electron chi connectivity index (χ3n) is 1.34. The van der Waals surface area contributed by atoms with Crippen molar-refractivity contribution < 1.29 is 26.0 Å². The molecule has 4 heteroatoms. The molecule has 1 unspecified atom stereocenters. The zero-order chi connectivity index (χ0) is 7.28. The minimum atomic E-state index is -0.278. The van der Waals surface area contributed by atoms with Crippen molar-refractivity contribution in [1.82, 2.24) is 0 Å². The normalized spacial score (nSPS) is 10.7. The second-order valence-corrected chi connectivity index (χ2v) is 2.16. The summed E-state index contributed by atoms with van der Waals surface area (Å²) in [5.74, 6) is 0.371. The predicted octanol–water partition coefficient (Wildman–Crippen LogP) is 1.96. The summed E-state index contributed by atoms with van der Waals surface area (Å²) in [6.07, 6.45) is 2.63. The monoisotopic (exact) mass is 329 g/mol. The van der Waals surface area contributed by atoms with Gasteiger partial charge >= 0.3 is 21.1 Å². The van der Waals surface area contributed by atoms with Crippen molar-refractivity contribution in [3.8, 4) is 0 Å². The molecule has 0 aliphatic carbocycles. The molecule has 0 bridgehead atoms. The molecule has 66 valence electrons. The fourth-order valence-electron chi connectivity index (χ4n) is 0.476. The summed E-state index contributed by atoms with van der Waals surface area (Å²) in [7, 11) is 0. The van der Waals surface area contributed by atoms with Gasteiger partial charge in [0.25, 0.3) is 0 Å². The quantitative estimate of drug-likeness (QED) is 0.450. The van der Waals surface area contributed by atoms with Crippen molar-refractivity contribution in [2.45, 2.75) is 20.3 Å². The van der Waals surface area contributed by atoms with Crippen LogP contribution in [0.4, 0.5) is 0 Å². The molecule has 0 amide bonds. The van der Waals surface area contributed by atoms with Gasteiger partial charge in [0.2, 0.25) is 6.54 Å². The van der Waals surface area contributed by atoms with Crippen molar-refractivity contribution in [2.75, 3.05) is 6.54 Å². The molecule has 3 nitrogen and oxygen atoms in total. The van der Waals surface area contributed by atoms with E-state index >= 15 is 0 Å². The molecule has 0 aromatic rings. The van der Waals surface area contributed by atoms with Crippen LogP contribution in [-0.2, 0) is 21.1 Å². The summed E-state index contributed by atoms with van der Waals surface area (Å²) < 4.78 is 0. The van der Waals surface area contributed by atoms with Gasteiger partial charge in [0.15, 0.2) is 0 Å².